The Morgan fingerprint density at radius 3 is 2.41 bits per heavy atom. The normalized spacial score (nSPS) is 10.9. The molecular weight excluding hydrogens is 230 g/mol. The highest BCUT2D eigenvalue weighted by Gasteiger charge is 2.30. The fraction of sp³-hybridized carbons (Fsp3) is 0.333. The zero-order valence-corrected chi connectivity index (χ0v) is 9.16. The molecule has 0 spiro atoms. The molecule has 0 aliphatic heterocycles. The van der Waals surface area contributed by atoms with Crippen molar-refractivity contribution in [2.45, 2.75) is 19.4 Å². The number of carbonyl (C=O) groups is 2. The van der Waals surface area contributed by atoms with E-state index in [1.165, 1.54) is 13.8 Å². The molecule has 0 fully saturated rings. The molecule has 1 rings (SSSR count). The average molecular weight is 241 g/mol. The zero-order valence-electron chi connectivity index (χ0n) is 9.16. The summed E-state index contributed by atoms with van der Waals surface area (Å²) in [4.78, 5) is 48.3. The topological polar surface area (TPSA) is 132 Å². The van der Waals surface area contributed by atoms with Gasteiger partial charge in [-0.3, -0.25) is 14.6 Å². The van der Waals surface area contributed by atoms with E-state index in [9.17, 15) is 19.2 Å². The maximum Gasteiger partial charge on any atom is 0.328 e. The molecule has 1 amide bonds. The Bertz CT molecular complexity index is 568. The summed E-state index contributed by atoms with van der Waals surface area (Å²) in [5, 5.41) is 10.9. The van der Waals surface area contributed by atoms with Crippen LogP contribution in [-0.2, 0) is 4.79 Å². The van der Waals surface area contributed by atoms with Crippen LogP contribution in [0.2, 0.25) is 0 Å². The molecule has 0 aliphatic carbocycles. The predicted octanol–water partition coefficient (Wildman–Crippen LogP) is -1.34. The van der Waals surface area contributed by atoms with Gasteiger partial charge >= 0.3 is 11.7 Å². The monoisotopic (exact) mass is 241 g/mol. The van der Waals surface area contributed by atoms with Gasteiger partial charge < -0.3 is 15.4 Å². The highest BCUT2D eigenvalue weighted by atomic mass is 16.4. The molecule has 1 aromatic rings. The number of aromatic amines is 2. The van der Waals surface area contributed by atoms with E-state index >= 15 is 0 Å². The molecule has 0 unspecified atom stereocenters. The summed E-state index contributed by atoms with van der Waals surface area (Å²) in [5.74, 6) is -2.12. The first-order chi connectivity index (χ1) is 7.74. The zero-order chi connectivity index (χ0) is 13.2. The van der Waals surface area contributed by atoms with Gasteiger partial charge in [0.2, 0.25) is 0 Å². The van der Waals surface area contributed by atoms with Crippen molar-refractivity contribution in [1.29, 1.82) is 0 Å². The lowest BCUT2D eigenvalue weighted by molar-refractivity contribution is -0.143. The molecule has 8 nitrogen and oxygen atoms in total. The number of carbonyl (C=O) groups excluding carboxylic acids is 1. The second-order valence-electron chi connectivity index (χ2n) is 3.87. The number of carboxylic acids is 1. The summed E-state index contributed by atoms with van der Waals surface area (Å²) >= 11 is 0. The van der Waals surface area contributed by atoms with E-state index in [1.807, 2.05) is 4.98 Å². The minimum absolute atomic E-state index is 0.362. The van der Waals surface area contributed by atoms with Crippen molar-refractivity contribution >= 4 is 11.9 Å². The molecule has 0 radical (unpaired) electrons. The van der Waals surface area contributed by atoms with Crippen LogP contribution >= 0.6 is 0 Å². The molecule has 4 N–H and O–H groups in total. The molecule has 92 valence electrons. The summed E-state index contributed by atoms with van der Waals surface area (Å²) in [6, 6.07) is 0. The van der Waals surface area contributed by atoms with Gasteiger partial charge in [0.15, 0.2) is 0 Å². The Kier molecular flexibility index (Phi) is 3.16. The van der Waals surface area contributed by atoms with Gasteiger partial charge in [0.05, 0.1) is 0 Å². The number of hydrogen-bond acceptors (Lipinski definition) is 4. The van der Waals surface area contributed by atoms with Crippen LogP contribution in [0.15, 0.2) is 15.8 Å². The molecule has 8 heteroatoms. The van der Waals surface area contributed by atoms with Crippen LogP contribution in [0.3, 0.4) is 0 Å². The van der Waals surface area contributed by atoms with Gasteiger partial charge in [-0.05, 0) is 13.8 Å². The lowest BCUT2D eigenvalue weighted by atomic mass is 10.1. The lowest BCUT2D eigenvalue weighted by Gasteiger charge is -2.20. The Hall–Kier alpha value is -2.38. The van der Waals surface area contributed by atoms with Crippen LogP contribution in [0.4, 0.5) is 0 Å². The molecule has 0 bridgehead atoms. The third kappa shape index (κ3) is 2.80. The largest absolute Gasteiger partial charge is 0.480 e. The van der Waals surface area contributed by atoms with E-state index < -0.39 is 28.7 Å². The van der Waals surface area contributed by atoms with E-state index in [1.54, 1.807) is 0 Å². The van der Waals surface area contributed by atoms with Crippen molar-refractivity contribution in [2.24, 2.45) is 0 Å². The van der Waals surface area contributed by atoms with Crippen LogP contribution < -0.4 is 16.6 Å². The van der Waals surface area contributed by atoms with Crippen molar-refractivity contribution in [3.63, 3.8) is 0 Å². The van der Waals surface area contributed by atoms with Crippen molar-refractivity contribution in [3.8, 4) is 0 Å². The molecule has 1 aromatic heterocycles. The molecule has 17 heavy (non-hydrogen) atoms. The Morgan fingerprint density at radius 1 is 1.35 bits per heavy atom. The number of aliphatic carboxylic acids is 1. The summed E-state index contributed by atoms with van der Waals surface area (Å²) < 4.78 is 0. The standard InChI is InChI=1S/C9H11N3O5/c1-9(2,7(15)16)12-6(14)4-3-10-8(17)11-5(4)13/h3H,1-2H3,(H,12,14)(H,15,16)(H2,10,11,13,17). The summed E-state index contributed by atoms with van der Waals surface area (Å²) in [5.41, 5.74) is -3.50. The highest BCUT2D eigenvalue weighted by molar-refractivity contribution is 5.97. The van der Waals surface area contributed by atoms with E-state index in [0.717, 1.165) is 6.20 Å². The lowest BCUT2D eigenvalue weighted by Crippen LogP contribution is -2.50. The van der Waals surface area contributed by atoms with Gasteiger partial charge in [-0.25, -0.2) is 9.59 Å². The molecule has 0 atom stereocenters. The minimum atomic E-state index is -1.51. The molecule has 1 heterocycles. The first kappa shape index (κ1) is 12.7. The van der Waals surface area contributed by atoms with Crippen LogP contribution in [0.25, 0.3) is 0 Å². The van der Waals surface area contributed by atoms with Gasteiger partial charge in [0.25, 0.3) is 11.5 Å². The molecule has 0 saturated heterocycles. The maximum atomic E-state index is 11.6. The number of aromatic nitrogens is 2. The Balaban J connectivity index is 3.03. The number of carboxylic acid groups (broad SMARTS) is 1. The van der Waals surface area contributed by atoms with Gasteiger partial charge in [0, 0.05) is 6.20 Å². The molecule has 0 aliphatic rings. The second kappa shape index (κ2) is 4.24. The Morgan fingerprint density at radius 2 is 1.94 bits per heavy atom. The van der Waals surface area contributed by atoms with Crippen molar-refractivity contribution in [3.05, 3.63) is 32.6 Å². The molecule has 0 aromatic carbocycles. The number of hydrogen-bond donors (Lipinski definition) is 4. The SMILES string of the molecule is CC(C)(NC(=O)c1c[nH]c(=O)[nH]c1=O)C(=O)O. The number of H-pyrrole nitrogens is 2. The van der Waals surface area contributed by atoms with Crippen molar-refractivity contribution < 1.29 is 14.7 Å². The number of amides is 1. The van der Waals surface area contributed by atoms with Gasteiger partial charge in [-0.15, -0.1) is 0 Å². The van der Waals surface area contributed by atoms with Crippen LogP contribution in [-0.4, -0.2) is 32.5 Å². The van der Waals surface area contributed by atoms with Crippen LogP contribution in [0.1, 0.15) is 24.2 Å². The number of rotatable bonds is 3. The summed E-state index contributed by atoms with van der Waals surface area (Å²) in [7, 11) is 0. The fourth-order valence-corrected chi connectivity index (χ4v) is 0.983. The maximum absolute atomic E-state index is 11.6. The Labute approximate surface area is 94.7 Å². The van der Waals surface area contributed by atoms with Crippen LogP contribution in [0, 0.1) is 0 Å². The molecule has 0 saturated carbocycles. The van der Waals surface area contributed by atoms with Crippen molar-refractivity contribution in [1.82, 2.24) is 15.3 Å². The van der Waals surface area contributed by atoms with E-state index in [0.29, 0.717) is 0 Å². The van der Waals surface area contributed by atoms with E-state index in [4.69, 9.17) is 5.11 Å². The first-order valence-corrected chi connectivity index (χ1v) is 4.62. The van der Waals surface area contributed by atoms with Gasteiger partial charge in [-0.2, -0.15) is 0 Å². The van der Waals surface area contributed by atoms with Crippen molar-refractivity contribution in [2.75, 3.05) is 0 Å². The predicted molar refractivity (Wildman–Crippen MR) is 56.9 cm³/mol. The summed E-state index contributed by atoms with van der Waals surface area (Å²) in [6.07, 6.45) is 0.925. The second-order valence-corrected chi connectivity index (χ2v) is 3.87. The van der Waals surface area contributed by atoms with E-state index in [2.05, 4.69) is 10.3 Å². The number of nitrogens with one attached hydrogen (secondary N) is 3. The first-order valence-electron chi connectivity index (χ1n) is 4.62. The third-order valence-corrected chi connectivity index (χ3v) is 2.02. The quantitative estimate of drug-likeness (QED) is 0.519. The van der Waals surface area contributed by atoms with Gasteiger partial charge in [-0.1, -0.05) is 0 Å². The molecular formula is C9H11N3O5. The van der Waals surface area contributed by atoms with Crippen LogP contribution in [0.5, 0.6) is 0 Å². The average Bonchev–Trinajstić information content (AvgIpc) is 2.15. The third-order valence-electron chi connectivity index (χ3n) is 2.02. The summed E-state index contributed by atoms with van der Waals surface area (Å²) in [6.45, 7) is 2.54. The van der Waals surface area contributed by atoms with E-state index in [-0.39, 0.29) is 5.56 Å². The minimum Gasteiger partial charge on any atom is -0.480 e. The smallest absolute Gasteiger partial charge is 0.328 e. The highest BCUT2D eigenvalue weighted by Crippen LogP contribution is 2.02. The van der Waals surface area contributed by atoms with Gasteiger partial charge in [0.1, 0.15) is 11.1 Å². The fourth-order valence-electron chi connectivity index (χ4n) is 0.983.